The molecule has 0 aliphatic heterocycles. The van der Waals surface area contributed by atoms with Crippen LogP contribution in [0.3, 0.4) is 0 Å². The predicted octanol–water partition coefficient (Wildman–Crippen LogP) is 2.62. The summed E-state index contributed by atoms with van der Waals surface area (Å²) >= 11 is 0. The number of anilines is 2. The first-order valence-electron chi connectivity index (χ1n) is 7.08. The molecule has 2 N–H and O–H groups in total. The van der Waals surface area contributed by atoms with Gasteiger partial charge in [0.25, 0.3) is 5.91 Å². The van der Waals surface area contributed by atoms with E-state index in [1.165, 1.54) is 0 Å². The van der Waals surface area contributed by atoms with Crippen molar-refractivity contribution in [3.8, 4) is 0 Å². The minimum atomic E-state index is -1.54. The molecule has 0 heterocycles. The number of nitrogens with one attached hydrogen (secondary N) is 1. The Balaban J connectivity index is 1.89. The first-order chi connectivity index (χ1) is 10.6. The second kappa shape index (κ2) is 5.61. The van der Waals surface area contributed by atoms with Gasteiger partial charge in [0.1, 0.15) is 0 Å². The Kier molecular flexibility index (Phi) is 3.65. The van der Waals surface area contributed by atoms with E-state index >= 15 is 0 Å². The largest absolute Gasteiger partial charge is 0.324 e. The molecule has 2 aromatic rings. The van der Waals surface area contributed by atoms with Gasteiger partial charge in [0, 0.05) is 12.1 Å². The number of Topliss-reactive ketones (excluding diaryl/α,β-unsaturated/α-hetero) is 1. The van der Waals surface area contributed by atoms with E-state index in [9.17, 15) is 14.8 Å². The molecule has 0 spiro atoms. The smallest absolute Gasteiger partial charge is 0.260 e. The van der Waals surface area contributed by atoms with E-state index in [0.717, 1.165) is 5.06 Å². The zero-order chi connectivity index (χ0) is 15.6. The van der Waals surface area contributed by atoms with Gasteiger partial charge in [0.15, 0.2) is 5.78 Å². The maximum atomic E-state index is 12.6. The predicted molar refractivity (Wildman–Crippen MR) is 82.8 cm³/mol. The van der Waals surface area contributed by atoms with Gasteiger partial charge in [0.05, 0.1) is 5.69 Å². The highest BCUT2D eigenvalue weighted by atomic mass is 16.5. The van der Waals surface area contributed by atoms with Crippen LogP contribution < -0.4 is 10.4 Å². The van der Waals surface area contributed by atoms with Crippen LogP contribution in [0.4, 0.5) is 11.4 Å². The molecular formula is C17H16N2O3. The van der Waals surface area contributed by atoms with Gasteiger partial charge in [-0.05, 0) is 30.7 Å². The van der Waals surface area contributed by atoms with Crippen LogP contribution in [0.15, 0.2) is 60.7 Å². The summed E-state index contributed by atoms with van der Waals surface area (Å²) < 4.78 is 0. The van der Waals surface area contributed by atoms with E-state index in [-0.39, 0.29) is 18.6 Å². The van der Waals surface area contributed by atoms with Crippen molar-refractivity contribution in [2.24, 2.45) is 0 Å². The number of hydrogen-bond acceptors (Lipinski definition) is 4. The Labute approximate surface area is 128 Å². The molecule has 2 aromatic carbocycles. The van der Waals surface area contributed by atoms with Gasteiger partial charge in [0.2, 0.25) is 5.54 Å². The van der Waals surface area contributed by atoms with Crippen LogP contribution in [0, 0.1) is 0 Å². The van der Waals surface area contributed by atoms with Gasteiger partial charge in [-0.15, -0.1) is 0 Å². The number of amides is 1. The third-order valence-electron chi connectivity index (χ3n) is 3.94. The molecule has 1 fully saturated rings. The number of rotatable bonds is 4. The molecular weight excluding hydrogens is 280 g/mol. The number of nitrogens with zero attached hydrogens (tertiary/aromatic N) is 1. The van der Waals surface area contributed by atoms with Crippen molar-refractivity contribution in [2.45, 2.75) is 18.4 Å². The molecule has 0 aromatic heterocycles. The van der Waals surface area contributed by atoms with Crippen LogP contribution in [-0.4, -0.2) is 22.4 Å². The summed E-state index contributed by atoms with van der Waals surface area (Å²) in [6.07, 6.45) is 0.571. The maximum Gasteiger partial charge on any atom is 0.260 e. The second-order valence-electron chi connectivity index (χ2n) is 5.25. The number of carbonyl (C=O) groups excluding carboxylic acids is 2. The molecule has 1 atom stereocenters. The highest BCUT2D eigenvalue weighted by molar-refractivity contribution is 6.21. The van der Waals surface area contributed by atoms with Crippen molar-refractivity contribution >= 4 is 23.1 Å². The molecule has 0 saturated heterocycles. The van der Waals surface area contributed by atoms with Gasteiger partial charge in [-0.25, -0.2) is 5.06 Å². The summed E-state index contributed by atoms with van der Waals surface area (Å²) in [5.74, 6) is -0.798. The lowest BCUT2D eigenvalue weighted by Gasteiger charge is -2.44. The Morgan fingerprint density at radius 3 is 2.14 bits per heavy atom. The van der Waals surface area contributed by atoms with Crippen LogP contribution in [0.1, 0.15) is 12.8 Å². The third kappa shape index (κ3) is 2.25. The second-order valence-corrected chi connectivity index (χ2v) is 5.25. The van der Waals surface area contributed by atoms with Crippen LogP contribution in [0.25, 0.3) is 0 Å². The first kappa shape index (κ1) is 14.3. The molecule has 0 unspecified atom stereocenters. The molecule has 112 valence electrons. The number of hydroxylamine groups is 1. The summed E-state index contributed by atoms with van der Waals surface area (Å²) in [7, 11) is 0. The summed E-state index contributed by atoms with van der Waals surface area (Å²) in [6, 6.07) is 17.5. The number of hydrogen-bond donors (Lipinski definition) is 2. The fraction of sp³-hybridized carbons (Fsp3) is 0.176. The van der Waals surface area contributed by atoms with Gasteiger partial charge < -0.3 is 5.32 Å². The lowest BCUT2D eigenvalue weighted by Crippen LogP contribution is -2.67. The highest BCUT2D eigenvalue weighted by Gasteiger charge is 2.57. The van der Waals surface area contributed by atoms with Gasteiger partial charge in [-0.2, -0.15) is 0 Å². The molecule has 0 bridgehead atoms. The van der Waals surface area contributed by atoms with Crippen molar-refractivity contribution in [1.82, 2.24) is 0 Å². The fourth-order valence-corrected chi connectivity index (χ4v) is 2.57. The number of para-hydroxylation sites is 2. The Hall–Kier alpha value is -2.66. The van der Waals surface area contributed by atoms with Crippen LogP contribution >= 0.6 is 0 Å². The summed E-state index contributed by atoms with van der Waals surface area (Å²) in [5, 5.41) is 14.0. The lowest BCUT2D eigenvalue weighted by atomic mass is 9.73. The number of benzene rings is 2. The molecule has 1 aliphatic rings. The molecule has 22 heavy (non-hydrogen) atoms. The quantitative estimate of drug-likeness (QED) is 0.672. The number of ketones is 1. The average molecular weight is 296 g/mol. The lowest BCUT2D eigenvalue weighted by molar-refractivity contribution is -0.143. The highest BCUT2D eigenvalue weighted by Crippen LogP contribution is 2.37. The van der Waals surface area contributed by atoms with E-state index in [1.807, 2.05) is 6.07 Å². The minimum Gasteiger partial charge on any atom is -0.324 e. The van der Waals surface area contributed by atoms with Crippen molar-refractivity contribution < 1.29 is 14.8 Å². The summed E-state index contributed by atoms with van der Waals surface area (Å²) in [4.78, 5) is 24.7. The minimum absolute atomic E-state index is 0.284. The Morgan fingerprint density at radius 1 is 1.05 bits per heavy atom. The third-order valence-corrected chi connectivity index (χ3v) is 3.94. The van der Waals surface area contributed by atoms with Crippen molar-refractivity contribution in [3.05, 3.63) is 60.7 Å². The van der Waals surface area contributed by atoms with E-state index in [0.29, 0.717) is 11.4 Å². The Bertz CT molecular complexity index is 688. The molecule has 1 saturated carbocycles. The molecule has 1 amide bonds. The summed E-state index contributed by atoms with van der Waals surface area (Å²) in [5.41, 5.74) is -0.538. The van der Waals surface area contributed by atoms with Crippen molar-refractivity contribution in [3.63, 3.8) is 0 Å². The van der Waals surface area contributed by atoms with E-state index < -0.39 is 11.4 Å². The van der Waals surface area contributed by atoms with Gasteiger partial charge >= 0.3 is 0 Å². The first-order valence-corrected chi connectivity index (χ1v) is 7.08. The number of carbonyl (C=O) groups is 2. The monoisotopic (exact) mass is 296 g/mol. The van der Waals surface area contributed by atoms with Crippen molar-refractivity contribution in [2.75, 3.05) is 10.4 Å². The van der Waals surface area contributed by atoms with Crippen LogP contribution in [-0.2, 0) is 9.59 Å². The van der Waals surface area contributed by atoms with E-state index in [2.05, 4.69) is 5.32 Å². The zero-order valence-electron chi connectivity index (χ0n) is 11.9. The molecule has 5 nitrogen and oxygen atoms in total. The summed E-state index contributed by atoms with van der Waals surface area (Å²) in [6.45, 7) is 0. The molecule has 5 heteroatoms. The van der Waals surface area contributed by atoms with Crippen LogP contribution in [0.2, 0.25) is 0 Å². The maximum absolute atomic E-state index is 12.6. The SMILES string of the molecule is O=C1CC[C@@]1(C(=O)Nc1ccccc1)N(O)c1ccccc1. The standard InChI is InChI=1S/C17H16N2O3/c20-15-11-12-17(15,19(22)14-9-5-2-6-10-14)16(21)18-13-7-3-1-4-8-13/h1-10,22H,11-12H2,(H,18,21)/t17-/m1/s1. The van der Waals surface area contributed by atoms with Crippen molar-refractivity contribution in [1.29, 1.82) is 0 Å². The molecule has 1 aliphatic carbocycles. The van der Waals surface area contributed by atoms with E-state index in [1.54, 1.807) is 54.6 Å². The molecule has 3 rings (SSSR count). The van der Waals surface area contributed by atoms with E-state index in [4.69, 9.17) is 0 Å². The van der Waals surface area contributed by atoms with Gasteiger partial charge in [-0.3, -0.25) is 14.8 Å². The fourth-order valence-electron chi connectivity index (χ4n) is 2.57. The van der Waals surface area contributed by atoms with Crippen LogP contribution in [0.5, 0.6) is 0 Å². The zero-order valence-corrected chi connectivity index (χ0v) is 11.9. The Morgan fingerprint density at radius 2 is 1.64 bits per heavy atom. The molecule has 0 radical (unpaired) electrons. The average Bonchev–Trinajstić information content (AvgIpc) is 2.55. The normalized spacial score (nSPS) is 20.1. The topological polar surface area (TPSA) is 69.6 Å². The van der Waals surface area contributed by atoms with Gasteiger partial charge in [-0.1, -0.05) is 36.4 Å².